The highest BCUT2D eigenvalue weighted by atomic mass is 35.5. The second-order valence-corrected chi connectivity index (χ2v) is 11.1. The van der Waals surface area contributed by atoms with E-state index in [1.807, 2.05) is 18.9 Å². The summed E-state index contributed by atoms with van der Waals surface area (Å²) in [4.78, 5) is 18.3. The second-order valence-electron chi connectivity index (χ2n) is 10.7. The normalized spacial score (nSPS) is 17.6. The van der Waals surface area contributed by atoms with Gasteiger partial charge in [0, 0.05) is 30.4 Å². The van der Waals surface area contributed by atoms with Gasteiger partial charge in [0.2, 0.25) is 0 Å². The molecule has 2 aliphatic rings. The van der Waals surface area contributed by atoms with Crippen molar-refractivity contribution in [1.29, 1.82) is 0 Å². The first-order chi connectivity index (χ1) is 18.4. The van der Waals surface area contributed by atoms with Gasteiger partial charge in [-0.3, -0.25) is 9.88 Å². The molecule has 38 heavy (non-hydrogen) atoms. The van der Waals surface area contributed by atoms with Crippen molar-refractivity contribution in [2.45, 2.75) is 69.9 Å². The first-order valence-electron chi connectivity index (χ1n) is 13.8. The number of benzene rings is 1. The third-order valence-corrected chi connectivity index (χ3v) is 8.37. The lowest BCUT2D eigenvalue weighted by Crippen LogP contribution is -2.43. The Morgan fingerprint density at radius 3 is 2.74 bits per heavy atom. The van der Waals surface area contributed by atoms with E-state index >= 15 is 4.39 Å². The molecule has 5 rings (SSSR count). The van der Waals surface area contributed by atoms with Crippen LogP contribution in [0.15, 0.2) is 30.5 Å². The molecule has 204 valence electrons. The van der Waals surface area contributed by atoms with Crippen LogP contribution < -0.4 is 9.64 Å². The lowest BCUT2D eigenvalue weighted by atomic mass is 9.95. The van der Waals surface area contributed by atoms with Crippen LogP contribution in [0.25, 0.3) is 22.2 Å². The van der Waals surface area contributed by atoms with Gasteiger partial charge in [0.25, 0.3) is 0 Å². The predicted molar refractivity (Wildman–Crippen MR) is 149 cm³/mol. The van der Waals surface area contributed by atoms with E-state index < -0.39 is 5.82 Å². The van der Waals surface area contributed by atoms with Gasteiger partial charge in [-0.2, -0.15) is 9.97 Å². The van der Waals surface area contributed by atoms with E-state index in [0.717, 1.165) is 51.6 Å². The zero-order valence-corrected chi connectivity index (χ0v) is 23.1. The Labute approximate surface area is 229 Å². The van der Waals surface area contributed by atoms with Crippen LogP contribution in [-0.2, 0) is 0 Å². The van der Waals surface area contributed by atoms with Gasteiger partial charge in [0.1, 0.15) is 23.6 Å². The van der Waals surface area contributed by atoms with Crippen LogP contribution in [0.2, 0.25) is 5.02 Å². The quantitative estimate of drug-likeness (QED) is 0.304. The maximum Gasteiger partial charge on any atom is 0.319 e. The maximum atomic E-state index is 16.0. The third kappa shape index (κ3) is 5.58. The third-order valence-electron chi connectivity index (χ3n) is 8.14. The molecule has 2 fully saturated rings. The summed E-state index contributed by atoms with van der Waals surface area (Å²) in [6.07, 6.45) is 9.22. The molecule has 4 heterocycles. The second kappa shape index (κ2) is 11.7. The molecule has 1 unspecified atom stereocenters. The highest BCUT2D eigenvalue weighted by molar-refractivity contribution is 6.30. The Morgan fingerprint density at radius 2 is 2.00 bits per heavy atom. The number of aliphatic hydroxyl groups excluding tert-OH is 1. The van der Waals surface area contributed by atoms with E-state index in [1.54, 1.807) is 30.5 Å². The van der Waals surface area contributed by atoms with Gasteiger partial charge in [-0.1, -0.05) is 30.7 Å². The Kier molecular flexibility index (Phi) is 8.31. The van der Waals surface area contributed by atoms with Crippen molar-refractivity contribution in [3.63, 3.8) is 0 Å². The monoisotopic (exact) mass is 541 g/mol. The average molecular weight is 542 g/mol. The Balaban J connectivity index is 1.47. The highest BCUT2D eigenvalue weighted by Gasteiger charge is 2.45. The van der Waals surface area contributed by atoms with Crippen molar-refractivity contribution >= 4 is 28.3 Å². The fourth-order valence-electron chi connectivity index (χ4n) is 5.91. The molecule has 0 bridgehead atoms. The fraction of sp³-hybridized carbons (Fsp3) is 0.552. The molecule has 9 heteroatoms. The van der Waals surface area contributed by atoms with Gasteiger partial charge in [0.05, 0.1) is 17.0 Å². The molecule has 2 aromatic heterocycles. The number of ether oxygens (including phenoxy) is 1. The average Bonchev–Trinajstić information content (AvgIpc) is 3.50. The van der Waals surface area contributed by atoms with Crippen molar-refractivity contribution in [2.24, 2.45) is 0 Å². The topological polar surface area (TPSA) is 74.6 Å². The highest BCUT2D eigenvalue weighted by Crippen LogP contribution is 2.39. The first kappa shape index (κ1) is 27.0. The summed E-state index contributed by atoms with van der Waals surface area (Å²) in [5.74, 6) is 0.0801. The standard InChI is InChI=1S/C29H37ClFN5O2/c1-3-22(37)11-4-5-14-35(2)27-23-18-32-25(20-9-6-10-21(30)17-20)24(31)26(23)33-28(34-27)38-19-29-12-7-15-36(29)16-8-13-29/h6,9-10,17-18,22,37H,3-5,7-8,11-16,19H2,1-2H3. The van der Waals surface area contributed by atoms with Crippen LogP contribution >= 0.6 is 11.6 Å². The molecule has 7 nitrogen and oxygen atoms in total. The Morgan fingerprint density at radius 1 is 1.21 bits per heavy atom. The van der Waals surface area contributed by atoms with Crippen molar-refractivity contribution in [2.75, 3.05) is 38.2 Å². The van der Waals surface area contributed by atoms with Crippen LogP contribution in [0.5, 0.6) is 6.01 Å². The van der Waals surface area contributed by atoms with Crippen molar-refractivity contribution in [3.8, 4) is 17.3 Å². The molecule has 2 aliphatic heterocycles. The molecule has 3 aromatic rings. The van der Waals surface area contributed by atoms with Crippen LogP contribution in [-0.4, -0.2) is 69.9 Å². The number of aliphatic hydroxyl groups is 1. The van der Waals surface area contributed by atoms with E-state index in [2.05, 4.69) is 14.9 Å². The van der Waals surface area contributed by atoms with Gasteiger partial charge in [0.15, 0.2) is 5.82 Å². The van der Waals surface area contributed by atoms with Crippen molar-refractivity contribution in [1.82, 2.24) is 19.9 Å². The van der Waals surface area contributed by atoms with Crippen LogP contribution in [0.3, 0.4) is 0 Å². The van der Waals surface area contributed by atoms with Crippen LogP contribution in [0.4, 0.5) is 10.2 Å². The summed E-state index contributed by atoms with van der Waals surface area (Å²) < 4.78 is 22.2. The lowest BCUT2D eigenvalue weighted by molar-refractivity contribution is 0.108. The number of aromatic nitrogens is 3. The molecular weight excluding hydrogens is 505 g/mol. The summed E-state index contributed by atoms with van der Waals surface area (Å²) in [6, 6.07) is 7.20. The molecule has 0 spiro atoms. The number of hydrogen-bond donors (Lipinski definition) is 1. The number of nitrogens with zero attached hydrogens (tertiary/aromatic N) is 5. The molecule has 1 N–H and O–H groups in total. The number of halogens is 2. The summed E-state index contributed by atoms with van der Waals surface area (Å²) in [6.45, 7) is 5.40. The number of hydrogen-bond acceptors (Lipinski definition) is 7. The van der Waals surface area contributed by atoms with Crippen molar-refractivity contribution < 1.29 is 14.2 Å². The number of pyridine rings is 1. The molecule has 1 atom stereocenters. The summed E-state index contributed by atoms with van der Waals surface area (Å²) in [5.41, 5.74) is 1.01. The minimum Gasteiger partial charge on any atom is -0.461 e. The number of fused-ring (bicyclic) bond motifs is 2. The van der Waals surface area contributed by atoms with E-state index in [1.165, 1.54) is 12.8 Å². The number of rotatable bonds is 11. The molecular formula is C29H37ClFN5O2. The Hall–Kier alpha value is -2.55. The Bertz CT molecular complexity index is 1270. The molecule has 0 amide bonds. The molecule has 0 aliphatic carbocycles. The van der Waals surface area contributed by atoms with Crippen LogP contribution in [0.1, 0.15) is 58.3 Å². The largest absolute Gasteiger partial charge is 0.461 e. The van der Waals surface area contributed by atoms with Gasteiger partial charge < -0.3 is 14.7 Å². The summed E-state index contributed by atoms with van der Waals surface area (Å²) in [7, 11) is 1.94. The molecule has 0 saturated carbocycles. The molecule has 1 aromatic carbocycles. The van der Waals surface area contributed by atoms with Crippen molar-refractivity contribution in [3.05, 3.63) is 41.3 Å². The number of anilines is 1. The van der Waals surface area contributed by atoms with E-state index in [4.69, 9.17) is 21.3 Å². The lowest BCUT2D eigenvalue weighted by Gasteiger charge is -2.31. The summed E-state index contributed by atoms with van der Waals surface area (Å²) in [5, 5.41) is 10.9. The minimum absolute atomic E-state index is 0.0350. The van der Waals surface area contributed by atoms with Gasteiger partial charge >= 0.3 is 6.01 Å². The molecule has 2 saturated heterocycles. The SMILES string of the molecule is CCC(O)CCCCN(C)c1nc(OCC23CCCN2CCC3)nc2c(F)c(-c3cccc(Cl)c3)ncc12. The minimum atomic E-state index is -0.515. The first-order valence-corrected chi connectivity index (χ1v) is 14.2. The van der Waals surface area contributed by atoms with E-state index in [0.29, 0.717) is 34.9 Å². The maximum absolute atomic E-state index is 16.0. The summed E-state index contributed by atoms with van der Waals surface area (Å²) >= 11 is 6.17. The van der Waals surface area contributed by atoms with Gasteiger partial charge in [-0.25, -0.2) is 4.39 Å². The van der Waals surface area contributed by atoms with Crippen LogP contribution in [0, 0.1) is 5.82 Å². The predicted octanol–water partition coefficient (Wildman–Crippen LogP) is 5.87. The van der Waals surface area contributed by atoms with E-state index in [-0.39, 0.29) is 28.9 Å². The van der Waals surface area contributed by atoms with Gasteiger partial charge in [-0.05, 0) is 76.6 Å². The van der Waals surface area contributed by atoms with E-state index in [9.17, 15) is 5.11 Å². The smallest absolute Gasteiger partial charge is 0.319 e. The molecule has 0 radical (unpaired) electrons. The number of unbranched alkanes of at least 4 members (excludes halogenated alkanes) is 1. The zero-order chi connectivity index (χ0) is 26.7. The zero-order valence-electron chi connectivity index (χ0n) is 22.3. The fourth-order valence-corrected chi connectivity index (χ4v) is 6.10. The van der Waals surface area contributed by atoms with Gasteiger partial charge in [-0.15, -0.1) is 0 Å².